The topological polar surface area (TPSA) is 38.2 Å². The van der Waals surface area contributed by atoms with Crippen molar-refractivity contribution >= 4 is 21.9 Å². The number of ether oxygens (including phenoxy) is 1. The van der Waals surface area contributed by atoms with Gasteiger partial charge in [0.05, 0.1) is 6.10 Å². The van der Waals surface area contributed by atoms with Crippen LogP contribution in [0.2, 0.25) is 0 Å². The smallest absolute Gasteiger partial charge is 0.228 e. The number of hydrogen-bond donors (Lipinski definition) is 0. The van der Waals surface area contributed by atoms with E-state index in [0.717, 1.165) is 17.8 Å². The maximum atomic E-state index is 5.66. The lowest BCUT2D eigenvalue weighted by Crippen LogP contribution is -2.37. The van der Waals surface area contributed by atoms with Gasteiger partial charge < -0.3 is 9.64 Å². The lowest BCUT2D eigenvalue weighted by molar-refractivity contribution is 0.232. The number of nitrogens with zero attached hydrogens (tertiary/aromatic N) is 3. The second-order valence-electron chi connectivity index (χ2n) is 5.21. The standard InChI is InChI=1S/C14H22BrN3O/c1-11(2)19-13-7-8-16-14(17-13)18-9-5-3-4-6-12(18)10-15/h7-8,11-12H,3-6,9-10H2,1-2H3. The zero-order chi connectivity index (χ0) is 13.7. The molecule has 1 aliphatic rings. The first-order valence-electron chi connectivity index (χ1n) is 7.03. The third-order valence-electron chi connectivity index (χ3n) is 3.29. The molecule has 1 fully saturated rings. The van der Waals surface area contributed by atoms with Gasteiger partial charge in [-0.1, -0.05) is 28.8 Å². The van der Waals surface area contributed by atoms with Crippen LogP contribution in [0.5, 0.6) is 5.88 Å². The molecule has 1 aromatic heterocycles. The highest BCUT2D eigenvalue weighted by molar-refractivity contribution is 9.09. The van der Waals surface area contributed by atoms with Gasteiger partial charge in [-0.05, 0) is 26.7 Å². The maximum Gasteiger partial charge on any atom is 0.228 e. The van der Waals surface area contributed by atoms with Crippen LogP contribution in [-0.4, -0.2) is 34.0 Å². The highest BCUT2D eigenvalue weighted by atomic mass is 79.9. The lowest BCUT2D eigenvalue weighted by Gasteiger charge is -2.28. The van der Waals surface area contributed by atoms with Crippen LogP contribution in [0.1, 0.15) is 39.5 Å². The van der Waals surface area contributed by atoms with Gasteiger partial charge >= 0.3 is 0 Å². The number of aromatic nitrogens is 2. The molecule has 0 saturated carbocycles. The average molecular weight is 328 g/mol. The summed E-state index contributed by atoms with van der Waals surface area (Å²) in [5.74, 6) is 1.46. The summed E-state index contributed by atoms with van der Waals surface area (Å²) in [6.07, 6.45) is 6.91. The SMILES string of the molecule is CC(C)Oc1ccnc(N2CCCCCC2CBr)n1. The van der Waals surface area contributed by atoms with E-state index < -0.39 is 0 Å². The molecule has 1 aromatic rings. The molecule has 2 heterocycles. The van der Waals surface area contributed by atoms with Gasteiger partial charge in [0, 0.05) is 30.2 Å². The third kappa shape index (κ3) is 4.06. The minimum atomic E-state index is 0.138. The van der Waals surface area contributed by atoms with Crippen LogP contribution in [-0.2, 0) is 0 Å². The van der Waals surface area contributed by atoms with Gasteiger partial charge in [0.15, 0.2) is 0 Å². The van der Waals surface area contributed by atoms with Crippen molar-refractivity contribution in [1.82, 2.24) is 9.97 Å². The maximum absolute atomic E-state index is 5.66. The van der Waals surface area contributed by atoms with E-state index >= 15 is 0 Å². The van der Waals surface area contributed by atoms with Crippen molar-refractivity contribution in [3.63, 3.8) is 0 Å². The van der Waals surface area contributed by atoms with Crippen molar-refractivity contribution < 1.29 is 4.74 Å². The van der Waals surface area contributed by atoms with Crippen molar-refractivity contribution in [3.05, 3.63) is 12.3 Å². The van der Waals surface area contributed by atoms with E-state index in [4.69, 9.17) is 4.74 Å². The van der Waals surface area contributed by atoms with Crippen LogP contribution in [0.15, 0.2) is 12.3 Å². The second kappa shape index (κ2) is 7.08. The Bertz CT molecular complexity index is 400. The number of rotatable bonds is 4. The van der Waals surface area contributed by atoms with Crippen LogP contribution < -0.4 is 9.64 Å². The normalized spacial score (nSPS) is 20.4. The van der Waals surface area contributed by atoms with Crippen molar-refractivity contribution in [2.75, 3.05) is 16.8 Å². The van der Waals surface area contributed by atoms with Gasteiger partial charge in [-0.3, -0.25) is 0 Å². The fourth-order valence-corrected chi connectivity index (χ4v) is 3.05. The summed E-state index contributed by atoms with van der Waals surface area (Å²) in [6.45, 7) is 5.05. The average Bonchev–Trinajstić information content (AvgIpc) is 2.63. The quantitative estimate of drug-likeness (QED) is 0.794. The molecule has 0 spiro atoms. The number of alkyl halides is 1. The van der Waals surface area contributed by atoms with E-state index in [-0.39, 0.29) is 6.10 Å². The predicted molar refractivity (Wildman–Crippen MR) is 81.2 cm³/mol. The molecule has 4 nitrogen and oxygen atoms in total. The largest absolute Gasteiger partial charge is 0.475 e. The first kappa shape index (κ1) is 14.6. The van der Waals surface area contributed by atoms with Crippen molar-refractivity contribution in [3.8, 4) is 5.88 Å². The molecule has 1 unspecified atom stereocenters. The molecular weight excluding hydrogens is 306 g/mol. The Kier molecular flexibility index (Phi) is 5.43. The Morgan fingerprint density at radius 2 is 2.26 bits per heavy atom. The van der Waals surface area contributed by atoms with Gasteiger partial charge in [0.25, 0.3) is 0 Å². The molecule has 0 bridgehead atoms. The number of hydrogen-bond acceptors (Lipinski definition) is 4. The molecule has 0 N–H and O–H groups in total. The summed E-state index contributed by atoms with van der Waals surface area (Å²) in [5, 5.41) is 0.964. The molecule has 0 aromatic carbocycles. The molecule has 2 rings (SSSR count). The van der Waals surface area contributed by atoms with E-state index in [1.807, 2.05) is 19.9 Å². The zero-order valence-corrected chi connectivity index (χ0v) is 13.3. The summed E-state index contributed by atoms with van der Waals surface area (Å²) < 4.78 is 5.66. The lowest BCUT2D eigenvalue weighted by atomic mass is 10.1. The Hall–Kier alpha value is -0.840. The molecule has 1 aliphatic heterocycles. The van der Waals surface area contributed by atoms with Gasteiger partial charge in [-0.2, -0.15) is 4.98 Å². The Labute approximate surface area is 123 Å². The van der Waals surface area contributed by atoms with E-state index in [1.165, 1.54) is 25.7 Å². The molecule has 0 aliphatic carbocycles. The van der Waals surface area contributed by atoms with Crippen LogP contribution >= 0.6 is 15.9 Å². The Balaban J connectivity index is 2.18. The van der Waals surface area contributed by atoms with Crippen LogP contribution in [0.4, 0.5) is 5.95 Å². The molecule has 106 valence electrons. The summed E-state index contributed by atoms with van der Waals surface area (Å²) in [5.41, 5.74) is 0. The van der Waals surface area contributed by atoms with Crippen LogP contribution in [0.25, 0.3) is 0 Å². The Morgan fingerprint density at radius 3 is 3.00 bits per heavy atom. The third-order valence-corrected chi connectivity index (χ3v) is 4.03. The van der Waals surface area contributed by atoms with E-state index in [9.17, 15) is 0 Å². The summed E-state index contributed by atoms with van der Waals surface area (Å²) in [7, 11) is 0. The van der Waals surface area contributed by atoms with Crippen LogP contribution in [0.3, 0.4) is 0 Å². The molecule has 19 heavy (non-hydrogen) atoms. The fourth-order valence-electron chi connectivity index (χ4n) is 2.38. The first-order valence-corrected chi connectivity index (χ1v) is 8.15. The van der Waals surface area contributed by atoms with Crippen molar-refractivity contribution in [2.24, 2.45) is 0 Å². The monoisotopic (exact) mass is 327 g/mol. The highest BCUT2D eigenvalue weighted by Crippen LogP contribution is 2.23. The van der Waals surface area contributed by atoms with Crippen molar-refractivity contribution in [2.45, 2.75) is 51.7 Å². The molecule has 0 radical (unpaired) electrons. The zero-order valence-electron chi connectivity index (χ0n) is 11.7. The fraction of sp³-hybridized carbons (Fsp3) is 0.714. The molecular formula is C14H22BrN3O. The second-order valence-corrected chi connectivity index (χ2v) is 5.86. The minimum Gasteiger partial charge on any atom is -0.475 e. The molecule has 5 heteroatoms. The minimum absolute atomic E-state index is 0.138. The summed E-state index contributed by atoms with van der Waals surface area (Å²) >= 11 is 3.61. The first-order chi connectivity index (χ1) is 9.20. The molecule has 1 saturated heterocycles. The van der Waals surface area contributed by atoms with Crippen molar-refractivity contribution in [1.29, 1.82) is 0 Å². The predicted octanol–water partition coefficient (Wildman–Crippen LogP) is 3.41. The summed E-state index contributed by atoms with van der Waals surface area (Å²) in [4.78, 5) is 11.3. The number of halogens is 1. The van der Waals surface area contributed by atoms with Gasteiger partial charge in [0.1, 0.15) is 0 Å². The van der Waals surface area contributed by atoms with E-state index in [1.54, 1.807) is 6.20 Å². The Morgan fingerprint density at radius 1 is 1.42 bits per heavy atom. The number of anilines is 1. The van der Waals surface area contributed by atoms with Gasteiger partial charge in [-0.15, -0.1) is 0 Å². The summed E-state index contributed by atoms with van der Waals surface area (Å²) in [6, 6.07) is 2.31. The highest BCUT2D eigenvalue weighted by Gasteiger charge is 2.22. The van der Waals surface area contributed by atoms with E-state index in [2.05, 4.69) is 30.8 Å². The van der Waals surface area contributed by atoms with E-state index in [0.29, 0.717) is 11.9 Å². The van der Waals surface area contributed by atoms with Gasteiger partial charge in [-0.25, -0.2) is 4.98 Å². The molecule has 0 amide bonds. The van der Waals surface area contributed by atoms with Crippen LogP contribution in [0, 0.1) is 0 Å². The van der Waals surface area contributed by atoms with Gasteiger partial charge in [0.2, 0.25) is 11.8 Å². The molecule has 1 atom stereocenters.